The van der Waals surface area contributed by atoms with E-state index in [0.717, 1.165) is 0 Å². The molecule has 0 heterocycles. The lowest BCUT2D eigenvalue weighted by molar-refractivity contribution is 0.793. The van der Waals surface area contributed by atoms with Gasteiger partial charge >= 0.3 is 0 Å². The zero-order chi connectivity index (χ0) is 17.3. The van der Waals surface area contributed by atoms with Crippen LogP contribution in [0.15, 0.2) is 95.5 Å². The van der Waals surface area contributed by atoms with Gasteiger partial charge in [0, 0.05) is 10.0 Å². The quantitative estimate of drug-likeness (QED) is 0.266. The number of rotatable bonds is 0. The van der Waals surface area contributed by atoms with Crippen molar-refractivity contribution >= 4 is 15.9 Å². The number of hydrogen-bond donors (Lipinski definition) is 0. The minimum atomic E-state index is -0.219. The Hall–Kier alpha value is -2.64. The van der Waals surface area contributed by atoms with E-state index in [0.29, 0.717) is 0 Å². The molecule has 6 rings (SSSR count). The number of halogens is 1. The van der Waals surface area contributed by atoms with E-state index < -0.39 is 0 Å². The molecule has 4 aromatic carbocycles. The Morgan fingerprint density at radius 1 is 0.462 bits per heavy atom. The van der Waals surface area contributed by atoms with Gasteiger partial charge in [-0.1, -0.05) is 101 Å². The van der Waals surface area contributed by atoms with E-state index >= 15 is 0 Å². The first-order valence-corrected chi connectivity index (χ1v) is 9.71. The van der Waals surface area contributed by atoms with Gasteiger partial charge in [-0.15, -0.1) is 0 Å². The molecular weight excluding hydrogens is 380 g/mol. The summed E-state index contributed by atoms with van der Waals surface area (Å²) in [5, 5.41) is 0. The van der Waals surface area contributed by atoms with E-state index in [1.54, 1.807) is 0 Å². The van der Waals surface area contributed by atoms with Gasteiger partial charge in [-0.05, 0) is 45.0 Å². The summed E-state index contributed by atoms with van der Waals surface area (Å²) in [5.74, 6) is 0. The molecule has 0 aliphatic heterocycles. The molecule has 4 aromatic rings. The SMILES string of the molecule is Brc1cccc2c1-c1ccccc1C21c2ccccc2-c2ccccc21. The molecule has 0 N–H and O–H groups in total. The molecule has 0 bridgehead atoms. The van der Waals surface area contributed by atoms with E-state index in [1.807, 2.05) is 0 Å². The Kier molecular flexibility index (Phi) is 2.77. The second-order valence-corrected chi connectivity index (χ2v) is 7.90. The number of hydrogen-bond acceptors (Lipinski definition) is 0. The van der Waals surface area contributed by atoms with Gasteiger partial charge in [0.05, 0.1) is 5.41 Å². The largest absolute Gasteiger partial charge is 0.0725 e. The van der Waals surface area contributed by atoms with Crippen molar-refractivity contribution in [3.05, 3.63) is 118 Å². The molecular formula is C25H15Br. The topological polar surface area (TPSA) is 0 Å². The summed E-state index contributed by atoms with van der Waals surface area (Å²) in [6.07, 6.45) is 0. The molecule has 26 heavy (non-hydrogen) atoms. The van der Waals surface area contributed by atoms with Crippen molar-refractivity contribution in [2.45, 2.75) is 5.41 Å². The molecule has 1 heteroatoms. The predicted octanol–water partition coefficient (Wildman–Crippen LogP) is 6.79. The summed E-state index contributed by atoms with van der Waals surface area (Å²) in [7, 11) is 0. The van der Waals surface area contributed by atoms with E-state index in [-0.39, 0.29) is 5.41 Å². The molecule has 0 unspecified atom stereocenters. The summed E-state index contributed by atoms with van der Waals surface area (Å²) in [5.41, 5.74) is 10.7. The van der Waals surface area contributed by atoms with E-state index in [9.17, 15) is 0 Å². The highest BCUT2D eigenvalue weighted by Gasteiger charge is 2.51. The minimum Gasteiger partial charge on any atom is -0.0619 e. The fourth-order valence-corrected chi connectivity index (χ4v) is 5.68. The fraction of sp³-hybridized carbons (Fsp3) is 0.0400. The molecule has 1 spiro atoms. The monoisotopic (exact) mass is 394 g/mol. The van der Waals surface area contributed by atoms with Gasteiger partial charge in [0.2, 0.25) is 0 Å². The second-order valence-electron chi connectivity index (χ2n) is 7.05. The Labute approximate surface area is 161 Å². The highest BCUT2D eigenvalue weighted by atomic mass is 79.9. The average Bonchev–Trinajstić information content (AvgIpc) is 3.16. The molecule has 0 nitrogen and oxygen atoms in total. The molecule has 0 fully saturated rings. The van der Waals surface area contributed by atoms with E-state index in [2.05, 4.69) is 107 Å². The molecule has 0 atom stereocenters. The van der Waals surface area contributed by atoms with Gasteiger partial charge in [-0.3, -0.25) is 0 Å². The van der Waals surface area contributed by atoms with Crippen molar-refractivity contribution in [1.29, 1.82) is 0 Å². The van der Waals surface area contributed by atoms with Crippen LogP contribution in [0.3, 0.4) is 0 Å². The van der Waals surface area contributed by atoms with Gasteiger partial charge in [-0.2, -0.15) is 0 Å². The lowest BCUT2D eigenvalue weighted by atomic mass is 9.70. The highest BCUT2D eigenvalue weighted by Crippen LogP contribution is 2.63. The number of fused-ring (bicyclic) bond motifs is 10. The molecule has 0 saturated heterocycles. The van der Waals surface area contributed by atoms with Crippen molar-refractivity contribution in [2.24, 2.45) is 0 Å². The maximum atomic E-state index is 3.83. The van der Waals surface area contributed by atoms with Crippen LogP contribution in [0.2, 0.25) is 0 Å². The Morgan fingerprint density at radius 3 is 1.54 bits per heavy atom. The third-order valence-corrected chi connectivity index (χ3v) is 6.63. The first-order valence-electron chi connectivity index (χ1n) is 8.92. The van der Waals surface area contributed by atoms with E-state index in [1.165, 1.54) is 49.0 Å². The van der Waals surface area contributed by atoms with Crippen LogP contribution in [0.1, 0.15) is 22.3 Å². The van der Waals surface area contributed by atoms with Crippen molar-refractivity contribution in [3.8, 4) is 22.3 Å². The smallest absolute Gasteiger partial charge is 0.0619 e. The Balaban J connectivity index is 1.89. The van der Waals surface area contributed by atoms with Crippen molar-refractivity contribution in [2.75, 3.05) is 0 Å². The average molecular weight is 395 g/mol. The number of benzene rings is 4. The molecule has 0 amide bonds. The van der Waals surface area contributed by atoms with E-state index in [4.69, 9.17) is 0 Å². The summed E-state index contributed by atoms with van der Waals surface area (Å²) in [4.78, 5) is 0. The normalized spacial score (nSPS) is 14.7. The molecule has 2 aliphatic carbocycles. The summed E-state index contributed by atoms with van der Waals surface area (Å²) < 4.78 is 1.17. The molecule has 0 radical (unpaired) electrons. The standard InChI is InChI=1S/C25H15Br/c26-23-15-7-14-22-24(23)18-10-3-6-13-21(18)25(22)19-11-4-1-8-16(19)17-9-2-5-12-20(17)25/h1-15H. The van der Waals surface area contributed by atoms with Gasteiger partial charge in [0.1, 0.15) is 0 Å². The molecule has 0 saturated carbocycles. The minimum absolute atomic E-state index is 0.219. The molecule has 2 aliphatic rings. The zero-order valence-electron chi connectivity index (χ0n) is 14.0. The van der Waals surface area contributed by atoms with Crippen LogP contribution in [0.4, 0.5) is 0 Å². The van der Waals surface area contributed by atoms with Crippen molar-refractivity contribution in [1.82, 2.24) is 0 Å². The summed E-state index contributed by atoms with van der Waals surface area (Å²) in [6.45, 7) is 0. The van der Waals surface area contributed by atoms with Gasteiger partial charge in [0.25, 0.3) is 0 Å². The van der Waals surface area contributed by atoms with Gasteiger partial charge in [0.15, 0.2) is 0 Å². The van der Waals surface area contributed by atoms with Crippen LogP contribution in [-0.4, -0.2) is 0 Å². The fourth-order valence-electron chi connectivity index (χ4n) is 5.10. The van der Waals surface area contributed by atoms with Crippen LogP contribution in [0, 0.1) is 0 Å². The highest BCUT2D eigenvalue weighted by molar-refractivity contribution is 9.10. The van der Waals surface area contributed by atoms with Gasteiger partial charge < -0.3 is 0 Å². The third-order valence-electron chi connectivity index (χ3n) is 5.97. The third kappa shape index (κ3) is 1.52. The van der Waals surface area contributed by atoms with Crippen LogP contribution < -0.4 is 0 Å². The van der Waals surface area contributed by atoms with Gasteiger partial charge in [-0.25, -0.2) is 0 Å². The predicted molar refractivity (Wildman–Crippen MR) is 110 cm³/mol. The summed E-state index contributed by atoms with van der Waals surface area (Å²) in [6, 6.07) is 33.3. The van der Waals surface area contributed by atoms with Crippen LogP contribution in [0.5, 0.6) is 0 Å². The maximum Gasteiger partial charge on any atom is 0.0725 e. The maximum absolute atomic E-state index is 3.83. The second kappa shape index (κ2) is 4.96. The lowest BCUT2D eigenvalue weighted by Gasteiger charge is -2.30. The molecule has 122 valence electrons. The van der Waals surface area contributed by atoms with Crippen LogP contribution in [-0.2, 0) is 5.41 Å². The zero-order valence-corrected chi connectivity index (χ0v) is 15.6. The van der Waals surface area contributed by atoms with Crippen LogP contribution >= 0.6 is 15.9 Å². The lowest BCUT2D eigenvalue weighted by Crippen LogP contribution is -2.25. The first-order chi connectivity index (χ1) is 12.8. The van der Waals surface area contributed by atoms with Crippen molar-refractivity contribution in [3.63, 3.8) is 0 Å². The Morgan fingerprint density at radius 2 is 0.923 bits per heavy atom. The van der Waals surface area contributed by atoms with Crippen LogP contribution in [0.25, 0.3) is 22.3 Å². The first kappa shape index (κ1) is 14.5. The molecule has 0 aromatic heterocycles. The Bertz CT molecular complexity index is 1160. The van der Waals surface area contributed by atoms with Crippen molar-refractivity contribution < 1.29 is 0 Å². The summed E-state index contributed by atoms with van der Waals surface area (Å²) >= 11 is 3.83.